The minimum absolute atomic E-state index is 0.121. The average molecular weight is 463 g/mol. The lowest BCUT2D eigenvalue weighted by atomic mass is 10.1. The Balaban J connectivity index is 1.56. The Morgan fingerprint density at radius 3 is 1.97 bits per heavy atom. The quantitative estimate of drug-likeness (QED) is 0.381. The van der Waals surface area contributed by atoms with Crippen LogP contribution < -0.4 is 31.2 Å². The molecule has 3 aromatic carbocycles. The van der Waals surface area contributed by atoms with Crippen molar-refractivity contribution in [2.24, 2.45) is 5.73 Å². The Labute approximate surface area is 197 Å². The summed E-state index contributed by atoms with van der Waals surface area (Å²) < 4.78 is 10.4. The van der Waals surface area contributed by atoms with Gasteiger partial charge in [0.15, 0.2) is 11.5 Å². The fourth-order valence-electron chi connectivity index (χ4n) is 3.23. The molecule has 9 heteroatoms. The minimum atomic E-state index is -0.698. The number of urea groups is 1. The highest BCUT2D eigenvalue weighted by atomic mass is 16.5. The van der Waals surface area contributed by atoms with Crippen molar-refractivity contribution in [3.8, 4) is 11.5 Å². The summed E-state index contributed by atoms with van der Waals surface area (Å²) in [4.78, 5) is 36.4. The number of anilines is 3. The van der Waals surface area contributed by atoms with Crippen molar-refractivity contribution in [2.45, 2.75) is 12.8 Å². The van der Waals surface area contributed by atoms with Gasteiger partial charge in [0, 0.05) is 23.9 Å². The molecule has 0 fully saturated rings. The van der Waals surface area contributed by atoms with Crippen molar-refractivity contribution in [3.63, 3.8) is 0 Å². The van der Waals surface area contributed by atoms with E-state index in [0.717, 1.165) is 5.56 Å². The largest absolute Gasteiger partial charge is 0.493 e. The van der Waals surface area contributed by atoms with Gasteiger partial charge in [0.1, 0.15) is 0 Å². The molecule has 0 heterocycles. The number of nitrogens with two attached hydrogens (primary N) is 1. The third-order valence-electron chi connectivity index (χ3n) is 4.95. The second-order valence-corrected chi connectivity index (χ2v) is 7.31. The predicted molar refractivity (Wildman–Crippen MR) is 131 cm³/mol. The Morgan fingerprint density at radius 1 is 0.794 bits per heavy atom. The van der Waals surface area contributed by atoms with Crippen LogP contribution in [0.5, 0.6) is 11.5 Å². The lowest BCUT2D eigenvalue weighted by Crippen LogP contribution is -2.19. The van der Waals surface area contributed by atoms with Gasteiger partial charge in [-0.15, -0.1) is 0 Å². The molecule has 0 saturated carbocycles. The second kappa shape index (κ2) is 11.4. The minimum Gasteiger partial charge on any atom is -0.493 e. The molecule has 4 amide bonds. The number of hydrogen-bond acceptors (Lipinski definition) is 5. The molecule has 0 aliphatic heterocycles. The molecule has 0 saturated heterocycles. The summed E-state index contributed by atoms with van der Waals surface area (Å²) in [6.07, 6.45) is 0.634. The highest BCUT2D eigenvalue weighted by Gasteiger charge is 2.17. The van der Waals surface area contributed by atoms with E-state index < -0.39 is 5.91 Å². The van der Waals surface area contributed by atoms with Crippen molar-refractivity contribution in [3.05, 3.63) is 77.9 Å². The number of ether oxygens (including phenoxy) is 2. The Kier molecular flexibility index (Phi) is 8.07. The molecule has 176 valence electrons. The number of methoxy groups -OCH3 is 2. The van der Waals surface area contributed by atoms with Crippen LogP contribution in [0, 0.1) is 0 Å². The van der Waals surface area contributed by atoms with E-state index in [1.165, 1.54) is 26.4 Å². The molecule has 0 unspecified atom stereocenters. The lowest BCUT2D eigenvalue weighted by Gasteiger charge is -2.14. The van der Waals surface area contributed by atoms with Crippen LogP contribution in [-0.4, -0.2) is 32.1 Å². The summed E-state index contributed by atoms with van der Waals surface area (Å²) >= 11 is 0. The zero-order valence-electron chi connectivity index (χ0n) is 18.9. The number of rotatable bonds is 9. The number of hydrogen-bond donors (Lipinski definition) is 4. The van der Waals surface area contributed by atoms with Crippen LogP contribution in [0.25, 0.3) is 0 Å². The van der Waals surface area contributed by atoms with E-state index >= 15 is 0 Å². The first-order valence-corrected chi connectivity index (χ1v) is 10.5. The number of nitrogens with one attached hydrogen (secondary N) is 3. The molecule has 0 atom stereocenters. The van der Waals surface area contributed by atoms with Crippen molar-refractivity contribution in [2.75, 3.05) is 30.2 Å². The summed E-state index contributed by atoms with van der Waals surface area (Å²) in [6.45, 7) is 0. The number of carbonyl (C=O) groups excluding carboxylic acids is 3. The highest BCUT2D eigenvalue weighted by molar-refractivity contribution is 6.04. The molecule has 0 aromatic heterocycles. The maximum atomic E-state index is 12.5. The lowest BCUT2D eigenvalue weighted by molar-refractivity contribution is -0.116. The van der Waals surface area contributed by atoms with E-state index in [2.05, 4.69) is 16.0 Å². The first-order valence-electron chi connectivity index (χ1n) is 10.5. The number of primary amides is 1. The fraction of sp³-hybridized carbons (Fsp3) is 0.160. The maximum Gasteiger partial charge on any atom is 0.323 e. The van der Waals surface area contributed by atoms with Gasteiger partial charge in [-0.1, -0.05) is 30.3 Å². The van der Waals surface area contributed by atoms with Crippen LogP contribution in [0.3, 0.4) is 0 Å². The van der Waals surface area contributed by atoms with Crippen LogP contribution in [0.15, 0.2) is 66.7 Å². The number of carbonyl (C=O) groups is 3. The number of para-hydroxylation sites is 1. The molecule has 0 bridgehead atoms. The van der Waals surface area contributed by atoms with Crippen LogP contribution in [0.2, 0.25) is 0 Å². The molecular formula is C25H26N4O5. The maximum absolute atomic E-state index is 12.5. The summed E-state index contributed by atoms with van der Waals surface area (Å²) in [6, 6.07) is 18.9. The number of aryl methyl sites for hydroxylation is 1. The Bertz CT molecular complexity index is 1160. The zero-order valence-corrected chi connectivity index (χ0v) is 18.9. The first-order chi connectivity index (χ1) is 16.4. The van der Waals surface area contributed by atoms with Gasteiger partial charge >= 0.3 is 6.03 Å². The normalized spacial score (nSPS) is 10.2. The van der Waals surface area contributed by atoms with Gasteiger partial charge in [-0.2, -0.15) is 0 Å². The summed E-state index contributed by atoms with van der Waals surface area (Å²) in [5, 5.41) is 8.21. The molecule has 3 aromatic rings. The van der Waals surface area contributed by atoms with Crippen LogP contribution in [0.4, 0.5) is 21.9 Å². The monoisotopic (exact) mass is 462 g/mol. The van der Waals surface area contributed by atoms with Crippen LogP contribution in [-0.2, 0) is 11.2 Å². The summed E-state index contributed by atoms with van der Waals surface area (Å²) in [5.41, 5.74) is 8.03. The molecule has 3 rings (SSSR count). The third kappa shape index (κ3) is 6.49. The first kappa shape index (κ1) is 24.1. The Morgan fingerprint density at radius 2 is 1.38 bits per heavy atom. The zero-order chi connectivity index (χ0) is 24.5. The molecule has 5 N–H and O–H groups in total. The van der Waals surface area contributed by atoms with Gasteiger partial charge in [0.25, 0.3) is 5.91 Å². The van der Waals surface area contributed by atoms with E-state index in [0.29, 0.717) is 29.3 Å². The Hall–Kier alpha value is -4.53. The van der Waals surface area contributed by atoms with E-state index in [1.807, 2.05) is 30.3 Å². The van der Waals surface area contributed by atoms with Crippen LogP contribution >= 0.6 is 0 Å². The summed E-state index contributed by atoms with van der Waals surface area (Å²) in [5.74, 6) is -0.294. The van der Waals surface area contributed by atoms with E-state index in [4.69, 9.17) is 15.2 Å². The van der Waals surface area contributed by atoms with Gasteiger partial charge in [0.05, 0.1) is 25.5 Å². The van der Waals surface area contributed by atoms with Crippen molar-refractivity contribution in [1.29, 1.82) is 0 Å². The molecule has 0 aliphatic carbocycles. The van der Waals surface area contributed by atoms with Crippen molar-refractivity contribution < 1.29 is 23.9 Å². The molecule has 34 heavy (non-hydrogen) atoms. The molecule has 0 spiro atoms. The third-order valence-corrected chi connectivity index (χ3v) is 4.95. The second-order valence-electron chi connectivity index (χ2n) is 7.31. The predicted octanol–water partition coefficient (Wildman–Crippen LogP) is 4.02. The van der Waals surface area contributed by atoms with Crippen LogP contribution in [0.1, 0.15) is 22.3 Å². The van der Waals surface area contributed by atoms with Gasteiger partial charge in [-0.25, -0.2) is 4.79 Å². The highest BCUT2D eigenvalue weighted by Crippen LogP contribution is 2.33. The van der Waals surface area contributed by atoms with Gasteiger partial charge in [-0.05, 0) is 42.3 Å². The summed E-state index contributed by atoms with van der Waals surface area (Å²) in [7, 11) is 2.90. The van der Waals surface area contributed by atoms with E-state index in [-0.39, 0.29) is 29.6 Å². The average Bonchev–Trinajstić information content (AvgIpc) is 2.83. The fourth-order valence-corrected chi connectivity index (χ4v) is 3.23. The standard InChI is InChI=1S/C25H26N4O5/c1-33-21-14-19(24(26)31)20(15-22(21)34-2)29-23(30)13-10-16-8-11-18(12-9-16)28-25(32)27-17-6-4-3-5-7-17/h3-9,11-12,14-15H,10,13H2,1-2H3,(H2,26,31)(H,29,30)(H2,27,28,32). The van der Waals surface area contributed by atoms with Gasteiger partial charge in [-0.3, -0.25) is 9.59 Å². The molecule has 9 nitrogen and oxygen atoms in total. The van der Waals surface area contributed by atoms with Gasteiger partial charge < -0.3 is 31.2 Å². The molecular weight excluding hydrogens is 436 g/mol. The van der Waals surface area contributed by atoms with E-state index in [1.54, 1.807) is 24.3 Å². The van der Waals surface area contributed by atoms with Gasteiger partial charge in [0.2, 0.25) is 5.91 Å². The molecule has 0 radical (unpaired) electrons. The smallest absolute Gasteiger partial charge is 0.323 e. The SMILES string of the molecule is COc1cc(NC(=O)CCc2ccc(NC(=O)Nc3ccccc3)cc2)c(C(N)=O)cc1OC. The van der Waals surface area contributed by atoms with E-state index in [9.17, 15) is 14.4 Å². The topological polar surface area (TPSA) is 132 Å². The molecule has 0 aliphatic rings. The van der Waals surface area contributed by atoms with Crippen molar-refractivity contribution >= 4 is 34.9 Å². The number of benzene rings is 3. The van der Waals surface area contributed by atoms with Crippen molar-refractivity contribution in [1.82, 2.24) is 0 Å². The number of amides is 4.